The van der Waals surface area contributed by atoms with Crippen molar-refractivity contribution in [3.8, 4) is 0 Å². The fourth-order valence-corrected chi connectivity index (χ4v) is 3.06. The molecule has 0 aromatic carbocycles. The zero-order chi connectivity index (χ0) is 13.8. The molecule has 1 fully saturated rings. The van der Waals surface area contributed by atoms with Crippen molar-refractivity contribution in [2.75, 3.05) is 11.9 Å². The van der Waals surface area contributed by atoms with Crippen molar-refractivity contribution in [1.29, 1.82) is 0 Å². The molecule has 0 bridgehead atoms. The van der Waals surface area contributed by atoms with Crippen molar-refractivity contribution in [1.82, 2.24) is 4.98 Å². The maximum atomic E-state index is 11.2. The summed E-state index contributed by atoms with van der Waals surface area (Å²) in [7, 11) is 0. The van der Waals surface area contributed by atoms with Gasteiger partial charge in [-0.3, -0.25) is 0 Å². The molecule has 1 aromatic rings. The predicted molar refractivity (Wildman–Crippen MR) is 78.5 cm³/mol. The second kappa shape index (κ2) is 6.37. The summed E-state index contributed by atoms with van der Waals surface area (Å²) in [5, 5.41) is 12.4. The molecule has 1 saturated carbocycles. The number of halogens is 1. The van der Waals surface area contributed by atoms with Crippen LogP contribution >= 0.6 is 15.9 Å². The summed E-state index contributed by atoms with van der Waals surface area (Å²) in [5.41, 5.74) is 0.221. The highest BCUT2D eigenvalue weighted by Crippen LogP contribution is 2.29. The molecular weight excluding hydrogens is 308 g/mol. The number of pyridine rings is 1. The van der Waals surface area contributed by atoms with Gasteiger partial charge in [0.05, 0.1) is 0 Å². The third-order valence-corrected chi connectivity index (χ3v) is 4.12. The zero-order valence-corrected chi connectivity index (χ0v) is 12.6. The van der Waals surface area contributed by atoms with Crippen molar-refractivity contribution in [2.24, 2.45) is 11.8 Å². The first-order valence-electron chi connectivity index (χ1n) is 6.69. The lowest BCUT2D eigenvalue weighted by atomic mass is 9.82. The van der Waals surface area contributed by atoms with E-state index in [1.54, 1.807) is 12.3 Å². The molecule has 2 atom stereocenters. The molecule has 19 heavy (non-hydrogen) atoms. The van der Waals surface area contributed by atoms with E-state index in [-0.39, 0.29) is 5.56 Å². The third kappa shape index (κ3) is 3.93. The lowest BCUT2D eigenvalue weighted by molar-refractivity contribution is 0.0697. The minimum atomic E-state index is -0.951. The van der Waals surface area contributed by atoms with E-state index in [2.05, 4.69) is 33.2 Å². The van der Waals surface area contributed by atoms with Gasteiger partial charge in [0, 0.05) is 17.2 Å². The number of hydrogen-bond acceptors (Lipinski definition) is 3. The number of hydrogen-bond donors (Lipinski definition) is 2. The first kappa shape index (κ1) is 14.3. The van der Waals surface area contributed by atoms with Crippen LogP contribution in [0.3, 0.4) is 0 Å². The number of carboxylic acids is 1. The summed E-state index contributed by atoms with van der Waals surface area (Å²) in [6.45, 7) is 3.09. The molecule has 2 unspecified atom stereocenters. The number of anilines is 1. The third-order valence-electron chi connectivity index (χ3n) is 3.69. The second-order valence-corrected chi connectivity index (χ2v) is 6.29. The van der Waals surface area contributed by atoms with Crippen LogP contribution < -0.4 is 5.32 Å². The SMILES string of the molecule is CC1CCCC(CNc2ncc(Br)cc2C(=O)O)C1. The Kier molecular flexibility index (Phi) is 4.80. The second-order valence-electron chi connectivity index (χ2n) is 5.37. The van der Waals surface area contributed by atoms with Gasteiger partial charge in [0.15, 0.2) is 0 Å². The number of rotatable bonds is 4. The molecule has 2 N–H and O–H groups in total. The number of carboxylic acid groups (broad SMARTS) is 1. The maximum Gasteiger partial charge on any atom is 0.339 e. The molecule has 104 valence electrons. The monoisotopic (exact) mass is 326 g/mol. The number of aromatic nitrogens is 1. The van der Waals surface area contributed by atoms with Crippen LogP contribution in [0.2, 0.25) is 0 Å². The highest BCUT2D eigenvalue weighted by Gasteiger charge is 2.20. The number of aromatic carboxylic acids is 1. The summed E-state index contributed by atoms with van der Waals surface area (Å²) in [6.07, 6.45) is 6.64. The van der Waals surface area contributed by atoms with Crippen LogP contribution in [0.5, 0.6) is 0 Å². The molecule has 5 heteroatoms. The molecular formula is C14H19BrN2O2. The van der Waals surface area contributed by atoms with Gasteiger partial charge in [0.2, 0.25) is 0 Å². The molecule has 0 aliphatic heterocycles. The van der Waals surface area contributed by atoms with E-state index in [0.29, 0.717) is 16.2 Å². The van der Waals surface area contributed by atoms with E-state index in [9.17, 15) is 4.79 Å². The van der Waals surface area contributed by atoms with Crippen molar-refractivity contribution in [2.45, 2.75) is 32.6 Å². The Bertz CT molecular complexity index is 465. The molecule has 1 aromatic heterocycles. The highest BCUT2D eigenvalue weighted by atomic mass is 79.9. The van der Waals surface area contributed by atoms with Crippen molar-refractivity contribution >= 4 is 27.7 Å². The van der Waals surface area contributed by atoms with Crippen molar-refractivity contribution in [3.05, 3.63) is 22.3 Å². The largest absolute Gasteiger partial charge is 0.478 e. The topological polar surface area (TPSA) is 62.2 Å². The van der Waals surface area contributed by atoms with E-state index in [1.165, 1.54) is 25.7 Å². The average Bonchev–Trinajstić information content (AvgIpc) is 2.37. The lowest BCUT2D eigenvalue weighted by Gasteiger charge is -2.27. The van der Waals surface area contributed by atoms with E-state index >= 15 is 0 Å². The van der Waals surface area contributed by atoms with Gasteiger partial charge in [0.25, 0.3) is 0 Å². The number of nitrogens with zero attached hydrogens (tertiary/aromatic N) is 1. The van der Waals surface area contributed by atoms with Crippen molar-refractivity contribution in [3.63, 3.8) is 0 Å². The average molecular weight is 327 g/mol. The van der Waals surface area contributed by atoms with E-state index in [1.807, 2.05) is 0 Å². The van der Waals surface area contributed by atoms with Crippen molar-refractivity contribution < 1.29 is 9.90 Å². The van der Waals surface area contributed by atoms with Crippen LogP contribution in [0.1, 0.15) is 43.0 Å². The number of nitrogens with one attached hydrogen (secondary N) is 1. The Morgan fingerprint density at radius 2 is 2.37 bits per heavy atom. The molecule has 0 amide bonds. The van der Waals surface area contributed by atoms with Crippen LogP contribution in [-0.4, -0.2) is 22.6 Å². The molecule has 4 nitrogen and oxygen atoms in total. The van der Waals surface area contributed by atoms with Gasteiger partial charge in [-0.15, -0.1) is 0 Å². The van der Waals surface area contributed by atoms with Gasteiger partial charge in [0.1, 0.15) is 11.4 Å². The molecule has 1 aliphatic rings. The normalized spacial score (nSPS) is 23.1. The Morgan fingerprint density at radius 1 is 1.58 bits per heavy atom. The Labute approximate surface area is 121 Å². The Morgan fingerprint density at radius 3 is 3.05 bits per heavy atom. The summed E-state index contributed by atoms with van der Waals surface area (Å²) in [6, 6.07) is 1.58. The predicted octanol–water partition coefficient (Wildman–Crippen LogP) is 3.78. The Balaban J connectivity index is 2.01. The maximum absolute atomic E-state index is 11.2. The van der Waals surface area contributed by atoms with E-state index < -0.39 is 5.97 Å². The van der Waals surface area contributed by atoms with Gasteiger partial charge in [-0.05, 0) is 46.7 Å². The standard InChI is InChI=1S/C14H19BrN2O2/c1-9-3-2-4-10(5-9)7-16-13-12(14(18)19)6-11(15)8-17-13/h6,8-10H,2-5,7H2,1H3,(H,16,17)(H,18,19). The molecule has 0 radical (unpaired) electrons. The fourth-order valence-electron chi connectivity index (χ4n) is 2.73. The summed E-state index contributed by atoms with van der Waals surface area (Å²) >= 11 is 3.25. The molecule has 0 spiro atoms. The van der Waals surface area contributed by atoms with Crippen LogP contribution in [0, 0.1) is 11.8 Å². The van der Waals surface area contributed by atoms with E-state index in [0.717, 1.165) is 12.5 Å². The molecule has 2 rings (SSSR count). The van der Waals surface area contributed by atoms with Crippen LogP contribution in [0.15, 0.2) is 16.7 Å². The fraction of sp³-hybridized carbons (Fsp3) is 0.571. The van der Waals surface area contributed by atoms with Crippen LogP contribution in [0.4, 0.5) is 5.82 Å². The molecule has 0 saturated heterocycles. The summed E-state index contributed by atoms with van der Waals surface area (Å²) in [5.74, 6) is 0.912. The zero-order valence-electron chi connectivity index (χ0n) is 11.0. The van der Waals surface area contributed by atoms with Gasteiger partial charge in [-0.2, -0.15) is 0 Å². The lowest BCUT2D eigenvalue weighted by Crippen LogP contribution is -2.22. The van der Waals surface area contributed by atoms with E-state index in [4.69, 9.17) is 5.11 Å². The van der Waals surface area contributed by atoms with Gasteiger partial charge in [-0.1, -0.05) is 19.8 Å². The summed E-state index contributed by atoms with van der Waals surface area (Å²) in [4.78, 5) is 15.3. The first-order chi connectivity index (χ1) is 9.06. The Hall–Kier alpha value is -1.10. The smallest absolute Gasteiger partial charge is 0.339 e. The van der Waals surface area contributed by atoms with Gasteiger partial charge < -0.3 is 10.4 Å². The first-order valence-corrected chi connectivity index (χ1v) is 7.48. The molecule has 1 aliphatic carbocycles. The number of carbonyl (C=O) groups is 1. The van der Waals surface area contributed by atoms with Gasteiger partial charge >= 0.3 is 5.97 Å². The highest BCUT2D eigenvalue weighted by molar-refractivity contribution is 9.10. The van der Waals surface area contributed by atoms with Crippen LogP contribution in [0.25, 0.3) is 0 Å². The minimum Gasteiger partial charge on any atom is -0.478 e. The summed E-state index contributed by atoms with van der Waals surface area (Å²) < 4.78 is 0.682. The van der Waals surface area contributed by atoms with Gasteiger partial charge in [-0.25, -0.2) is 9.78 Å². The van der Waals surface area contributed by atoms with Crippen LogP contribution in [-0.2, 0) is 0 Å². The quantitative estimate of drug-likeness (QED) is 0.883. The minimum absolute atomic E-state index is 0.221. The molecule has 1 heterocycles.